The molecule has 1 amide bonds. The fourth-order valence-electron chi connectivity index (χ4n) is 1.90. The topological polar surface area (TPSA) is 66.8 Å². The number of rotatable bonds is 3. The number of nitrogens with zero attached hydrogens (tertiary/aromatic N) is 1. The minimum atomic E-state index is -0.786. The summed E-state index contributed by atoms with van der Waals surface area (Å²) in [7, 11) is 0. The highest BCUT2D eigenvalue weighted by Gasteiger charge is 2.33. The summed E-state index contributed by atoms with van der Waals surface area (Å²) in [5.74, 6) is -1.18. The van der Waals surface area contributed by atoms with Gasteiger partial charge in [0.05, 0.1) is 5.92 Å². The van der Waals surface area contributed by atoms with Crippen molar-refractivity contribution in [1.29, 1.82) is 0 Å². The van der Waals surface area contributed by atoms with Crippen LogP contribution in [0.1, 0.15) is 13.3 Å². The Bertz CT molecular complexity index is 290. The van der Waals surface area contributed by atoms with Crippen LogP contribution in [0.15, 0.2) is 12.7 Å². The standard InChI is InChI=1S/C11H17NO4/c1-3-6-16-11(15)12-5-4-9(10(13)14)8(2)7-12/h3,8-9H,1,4-7H2,2H3,(H,13,14). The summed E-state index contributed by atoms with van der Waals surface area (Å²) in [5.41, 5.74) is 0. The molecular weight excluding hydrogens is 210 g/mol. The average molecular weight is 227 g/mol. The van der Waals surface area contributed by atoms with Gasteiger partial charge in [-0.2, -0.15) is 0 Å². The quantitative estimate of drug-likeness (QED) is 0.739. The Kier molecular flexibility index (Phi) is 4.34. The van der Waals surface area contributed by atoms with E-state index in [0.29, 0.717) is 19.5 Å². The van der Waals surface area contributed by atoms with Crippen LogP contribution in [0, 0.1) is 11.8 Å². The molecule has 16 heavy (non-hydrogen) atoms. The van der Waals surface area contributed by atoms with E-state index >= 15 is 0 Å². The van der Waals surface area contributed by atoms with Crippen molar-refractivity contribution >= 4 is 12.1 Å². The highest BCUT2D eigenvalue weighted by atomic mass is 16.6. The molecule has 0 bridgehead atoms. The highest BCUT2D eigenvalue weighted by molar-refractivity contribution is 5.72. The molecule has 1 N–H and O–H groups in total. The first kappa shape index (κ1) is 12.5. The van der Waals surface area contributed by atoms with Gasteiger partial charge in [-0.1, -0.05) is 19.6 Å². The zero-order valence-corrected chi connectivity index (χ0v) is 9.39. The third kappa shape index (κ3) is 2.98. The van der Waals surface area contributed by atoms with Crippen molar-refractivity contribution in [2.24, 2.45) is 11.8 Å². The smallest absolute Gasteiger partial charge is 0.410 e. The van der Waals surface area contributed by atoms with Gasteiger partial charge < -0.3 is 14.7 Å². The Morgan fingerprint density at radius 3 is 2.81 bits per heavy atom. The first-order valence-electron chi connectivity index (χ1n) is 5.31. The number of hydrogen-bond acceptors (Lipinski definition) is 3. The normalized spacial score (nSPS) is 24.9. The summed E-state index contributed by atoms with van der Waals surface area (Å²) in [4.78, 5) is 23.9. The van der Waals surface area contributed by atoms with Crippen LogP contribution in [0.4, 0.5) is 4.79 Å². The van der Waals surface area contributed by atoms with Gasteiger partial charge >= 0.3 is 12.1 Å². The first-order valence-corrected chi connectivity index (χ1v) is 5.31. The number of aliphatic carboxylic acids is 1. The Hall–Kier alpha value is -1.52. The fourth-order valence-corrected chi connectivity index (χ4v) is 1.90. The predicted molar refractivity (Wildman–Crippen MR) is 58.0 cm³/mol. The van der Waals surface area contributed by atoms with Crippen LogP contribution in [0.2, 0.25) is 0 Å². The van der Waals surface area contributed by atoms with Crippen molar-refractivity contribution in [1.82, 2.24) is 4.90 Å². The molecule has 0 saturated carbocycles. The van der Waals surface area contributed by atoms with Gasteiger partial charge in [0.25, 0.3) is 0 Å². The van der Waals surface area contributed by atoms with Crippen LogP contribution < -0.4 is 0 Å². The van der Waals surface area contributed by atoms with Gasteiger partial charge in [-0.3, -0.25) is 4.79 Å². The molecule has 2 unspecified atom stereocenters. The number of amides is 1. The maximum absolute atomic E-state index is 11.5. The minimum absolute atomic E-state index is 0.0393. The van der Waals surface area contributed by atoms with E-state index in [-0.39, 0.29) is 18.4 Å². The lowest BCUT2D eigenvalue weighted by Gasteiger charge is -2.34. The molecule has 1 heterocycles. The monoisotopic (exact) mass is 227 g/mol. The molecule has 0 aliphatic carbocycles. The van der Waals surface area contributed by atoms with Crippen molar-refractivity contribution < 1.29 is 19.4 Å². The van der Waals surface area contributed by atoms with Gasteiger partial charge in [0.2, 0.25) is 0 Å². The van der Waals surface area contributed by atoms with Gasteiger partial charge in [0.15, 0.2) is 0 Å². The van der Waals surface area contributed by atoms with Gasteiger partial charge in [-0.25, -0.2) is 4.79 Å². The number of hydrogen-bond donors (Lipinski definition) is 1. The lowest BCUT2D eigenvalue weighted by molar-refractivity contribution is -0.145. The highest BCUT2D eigenvalue weighted by Crippen LogP contribution is 2.23. The van der Waals surface area contributed by atoms with Crippen molar-refractivity contribution in [3.8, 4) is 0 Å². The van der Waals surface area contributed by atoms with Crippen molar-refractivity contribution in [3.63, 3.8) is 0 Å². The second-order valence-corrected chi connectivity index (χ2v) is 4.02. The summed E-state index contributed by atoms with van der Waals surface area (Å²) in [6.45, 7) is 6.36. The van der Waals surface area contributed by atoms with E-state index in [9.17, 15) is 9.59 Å². The molecule has 0 radical (unpaired) electrons. The largest absolute Gasteiger partial charge is 0.481 e. The van der Waals surface area contributed by atoms with Gasteiger partial charge in [0.1, 0.15) is 6.61 Å². The SMILES string of the molecule is C=CCOC(=O)N1CCC(C(=O)O)C(C)C1. The van der Waals surface area contributed by atoms with E-state index in [1.807, 2.05) is 6.92 Å². The summed E-state index contributed by atoms with van der Waals surface area (Å²) in [5, 5.41) is 8.93. The van der Waals surface area contributed by atoms with Gasteiger partial charge in [-0.05, 0) is 12.3 Å². The third-order valence-corrected chi connectivity index (χ3v) is 2.81. The maximum atomic E-state index is 11.5. The lowest BCUT2D eigenvalue weighted by Crippen LogP contribution is -2.45. The molecule has 0 spiro atoms. The van der Waals surface area contributed by atoms with Crippen LogP contribution in [0.5, 0.6) is 0 Å². The Morgan fingerprint density at radius 1 is 1.62 bits per heavy atom. The average Bonchev–Trinajstić information content (AvgIpc) is 2.25. The number of likely N-dealkylation sites (tertiary alicyclic amines) is 1. The van der Waals surface area contributed by atoms with E-state index in [2.05, 4.69) is 6.58 Å². The molecular formula is C11H17NO4. The Labute approximate surface area is 94.7 Å². The Balaban J connectivity index is 2.47. The molecule has 90 valence electrons. The van der Waals surface area contributed by atoms with Crippen molar-refractivity contribution in [3.05, 3.63) is 12.7 Å². The number of carbonyl (C=O) groups is 2. The summed E-state index contributed by atoms with van der Waals surface area (Å²) in [6.07, 6.45) is 1.60. The summed E-state index contributed by atoms with van der Waals surface area (Å²) < 4.78 is 4.90. The molecule has 0 aromatic carbocycles. The number of carboxylic acid groups (broad SMARTS) is 1. The van der Waals surface area contributed by atoms with Crippen LogP contribution in [-0.2, 0) is 9.53 Å². The summed E-state index contributed by atoms with van der Waals surface area (Å²) >= 11 is 0. The zero-order valence-electron chi connectivity index (χ0n) is 9.39. The Morgan fingerprint density at radius 2 is 2.31 bits per heavy atom. The molecule has 0 aromatic rings. The molecule has 1 rings (SSSR count). The van der Waals surface area contributed by atoms with E-state index in [1.165, 1.54) is 6.08 Å². The van der Waals surface area contributed by atoms with Gasteiger partial charge in [0, 0.05) is 13.1 Å². The number of piperidine rings is 1. The number of carbonyl (C=O) groups excluding carboxylic acids is 1. The zero-order chi connectivity index (χ0) is 12.1. The van der Waals surface area contributed by atoms with E-state index < -0.39 is 12.1 Å². The van der Waals surface area contributed by atoms with Crippen LogP contribution in [-0.4, -0.2) is 41.8 Å². The van der Waals surface area contributed by atoms with E-state index in [4.69, 9.17) is 9.84 Å². The second kappa shape index (κ2) is 5.53. The molecule has 2 atom stereocenters. The number of ether oxygens (including phenoxy) is 1. The van der Waals surface area contributed by atoms with E-state index in [0.717, 1.165) is 0 Å². The number of carboxylic acids is 1. The summed E-state index contributed by atoms with van der Waals surface area (Å²) in [6, 6.07) is 0. The first-order chi connectivity index (χ1) is 7.56. The third-order valence-electron chi connectivity index (χ3n) is 2.81. The molecule has 1 aliphatic heterocycles. The van der Waals surface area contributed by atoms with Crippen LogP contribution >= 0.6 is 0 Å². The predicted octanol–water partition coefficient (Wildman–Crippen LogP) is 1.35. The van der Waals surface area contributed by atoms with Crippen LogP contribution in [0.25, 0.3) is 0 Å². The molecule has 1 fully saturated rings. The molecule has 5 nitrogen and oxygen atoms in total. The van der Waals surface area contributed by atoms with Crippen molar-refractivity contribution in [2.75, 3.05) is 19.7 Å². The molecule has 0 aromatic heterocycles. The van der Waals surface area contributed by atoms with Crippen molar-refractivity contribution in [2.45, 2.75) is 13.3 Å². The minimum Gasteiger partial charge on any atom is -0.481 e. The van der Waals surface area contributed by atoms with Gasteiger partial charge in [-0.15, -0.1) is 0 Å². The molecule has 5 heteroatoms. The lowest BCUT2D eigenvalue weighted by atomic mass is 9.87. The maximum Gasteiger partial charge on any atom is 0.410 e. The second-order valence-electron chi connectivity index (χ2n) is 4.02. The molecule has 1 saturated heterocycles. The van der Waals surface area contributed by atoms with E-state index in [1.54, 1.807) is 4.90 Å². The fraction of sp³-hybridized carbons (Fsp3) is 0.636. The van der Waals surface area contributed by atoms with Crippen LogP contribution in [0.3, 0.4) is 0 Å². The molecule has 1 aliphatic rings.